The van der Waals surface area contributed by atoms with Crippen LogP contribution in [0.15, 0.2) is 18.9 Å². The first kappa shape index (κ1) is 9.04. The summed E-state index contributed by atoms with van der Waals surface area (Å²) in [5.74, 6) is 0. The Labute approximate surface area is 80.2 Å². The molecule has 0 aromatic carbocycles. The van der Waals surface area contributed by atoms with Crippen molar-refractivity contribution in [3.63, 3.8) is 0 Å². The maximum Gasteiger partial charge on any atom is 0.165 e. The van der Waals surface area contributed by atoms with Crippen molar-refractivity contribution in [2.24, 2.45) is 0 Å². The zero-order chi connectivity index (χ0) is 9.80. The average Bonchev–Trinajstić information content (AvgIpc) is 2.63. The molecule has 0 atom stereocenters. The molecule has 0 spiro atoms. The Balaban J connectivity index is 2.17. The smallest absolute Gasteiger partial charge is 0.165 e. The van der Waals surface area contributed by atoms with Crippen LogP contribution >= 0.6 is 0 Å². The molecule has 1 N–H and O–H groups in total. The summed E-state index contributed by atoms with van der Waals surface area (Å²) in [7, 11) is 0. The zero-order valence-corrected chi connectivity index (χ0v) is 7.50. The summed E-state index contributed by atoms with van der Waals surface area (Å²) in [5.41, 5.74) is 1.47. The van der Waals surface area contributed by atoms with Crippen LogP contribution in [0.5, 0.6) is 0 Å². The van der Waals surface area contributed by atoms with Gasteiger partial charge in [-0.2, -0.15) is 0 Å². The molecule has 0 unspecified atom stereocenters. The van der Waals surface area contributed by atoms with Gasteiger partial charge in [-0.25, -0.2) is 15.0 Å². The molecular formula is C8H10N4O2. The quantitative estimate of drug-likeness (QED) is 0.682. The van der Waals surface area contributed by atoms with Crippen LogP contribution in [-0.2, 0) is 11.5 Å². The van der Waals surface area contributed by atoms with E-state index in [4.69, 9.17) is 9.84 Å². The van der Waals surface area contributed by atoms with E-state index in [1.54, 1.807) is 17.1 Å². The van der Waals surface area contributed by atoms with Gasteiger partial charge >= 0.3 is 0 Å². The van der Waals surface area contributed by atoms with E-state index in [1.807, 2.05) is 0 Å². The Morgan fingerprint density at radius 1 is 1.43 bits per heavy atom. The lowest BCUT2D eigenvalue weighted by Gasteiger charge is -2.02. The van der Waals surface area contributed by atoms with E-state index in [2.05, 4.69) is 15.0 Å². The molecule has 0 fully saturated rings. The number of aromatic nitrogens is 4. The maximum absolute atomic E-state index is 8.53. The van der Waals surface area contributed by atoms with Gasteiger partial charge in [-0.05, 0) is 0 Å². The van der Waals surface area contributed by atoms with Crippen molar-refractivity contribution < 1.29 is 9.84 Å². The Morgan fingerprint density at radius 2 is 2.36 bits per heavy atom. The standard InChI is InChI=1S/C8H10N4O2/c13-1-2-14-6-12-5-11-7-3-9-4-10-8(7)12/h3-5,13H,1-2,6H2. The van der Waals surface area contributed by atoms with E-state index in [0.717, 1.165) is 11.2 Å². The number of imidazole rings is 1. The molecule has 0 saturated carbocycles. The molecule has 74 valence electrons. The maximum atomic E-state index is 8.53. The number of fused-ring (bicyclic) bond motifs is 1. The summed E-state index contributed by atoms with van der Waals surface area (Å²) in [6, 6.07) is 0. The molecule has 2 heterocycles. The molecular weight excluding hydrogens is 184 g/mol. The molecule has 0 saturated heterocycles. The fraction of sp³-hybridized carbons (Fsp3) is 0.375. The second-order valence-corrected chi connectivity index (χ2v) is 2.71. The van der Waals surface area contributed by atoms with Crippen molar-refractivity contribution in [3.05, 3.63) is 18.9 Å². The minimum Gasteiger partial charge on any atom is -0.394 e. The molecule has 0 bridgehead atoms. The summed E-state index contributed by atoms with van der Waals surface area (Å²) in [5, 5.41) is 8.53. The Bertz CT molecular complexity index is 414. The second-order valence-electron chi connectivity index (χ2n) is 2.71. The number of nitrogens with zero attached hydrogens (tertiary/aromatic N) is 4. The van der Waals surface area contributed by atoms with E-state index in [-0.39, 0.29) is 6.61 Å². The first-order chi connectivity index (χ1) is 6.92. The fourth-order valence-electron chi connectivity index (χ4n) is 1.14. The normalized spacial score (nSPS) is 10.9. The van der Waals surface area contributed by atoms with Gasteiger partial charge in [0.05, 0.1) is 25.7 Å². The van der Waals surface area contributed by atoms with Gasteiger partial charge in [-0.1, -0.05) is 0 Å². The van der Waals surface area contributed by atoms with Crippen LogP contribution in [0.3, 0.4) is 0 Å². The van der Waals surface area contributed by atoms with E-state index in [9.17, 15) is 0 Å². The highest BCUT2D eigenvalue weighted by Crippen LogP contribution is 2.06. The second kappa shape index (κ2) is 4.12. The number of hydrogen-bond acceptors (Lipinski definition) is 5. The van der Waals surface area contributed by atoms with E-state index in [0.29, 0.717) is 13.3 Å². The van der Waals surface area contributed by atoms with Crippen LogP contribution in [0.4, 0.5) is 0 Å². The Hall–Kier alpha value is -1.53. The first-order valence-corrected chi connectivity index (χ1v) is 4.21. The molecule has 6 heteroatoms. The largest absolute Gasteiger partial charge is 0.394 e. The minimum atomic E-state index is 0.0155. The molecule has 2 aromatic rings. The molecule has 2 aromatic heterocycles. The molecule has 6 nitrogen and oxygen atoms in total. The van der Waals surface area contributed by atoms with Crippen molar-refractivity contribution in [2.45, 2.75) is 6.73 Å². The highest BCUT2D eigenvalue weighted by Gasteiger charge is 2.02. The molecule has 14 heavy (non-hydrogen) atoms. The Morgan fingerprint density at radius 3 is 3.21 bits per heavy atom. The third-order valence-corrected chi connectivity index (χ3v) is 1.75. The number of ether oxygens (including phenoxy) is 1. The first-order valence-electron chi connectivity index (χ1n) is 4.21. The van der Waals surface area contributed by atoms with Crippen LogP contribution in [0.25, 0.3) is 11.2 Å². The highest BCUT2D eigenvalue weighted by atomic mass is 16.5. The van der Waals surface area contributed by atoms with E-state index >= 15 is 0 Å². The van der Waals surface area contributed by atoms with E-state index in [1.165, 1.54) is 6.33 Å². The SMILES string of the molecule is OCCOCn1cnc2cncnc21. The molecule has 2 rings (SSSR count). The van der Waals surface area contributed by atoms with Gasteiger partial charge in [0.15, 0.2) is 5.65 Å². The fourth-order valence-corrected chi connectivity index (χ4v) is 1.14. The van der Waals surface area contributed by atoms with Crippen LogP contribution in [0.1, 0.15) is 0 Å². The van der Waals surface area contributed by atoms with Gasteiger partial charge in [0.1, 0.15) is 18.6 Å². The number of rotatable bonds is 4. The topological polar surface area (TPSA) is 73.1 Å². The number of aliphatic hydroxyl groups is 1. The van der Waals surface area contributed by atoms with Crippen LogP contribution < -0.4 is 0 Å². The lowest BCUT2D eigenvalue weighted by molar-refractivity contribution is 0.0499. The molecule has 0 aliphatic rings. The third-order valence-electron chi connectivity index (χ3n) is 1.75. The monoisotopic (exact) mass is 194 g/mol. The van der Waals surface area contributed by atoms with Crippen molar-refractivity contribution in [2.75, 3.05) is 13.2 Å². The zero-order valence-electron chi connectivity index (χ0n) is 7.50. The predicted octanol–water partition coefficient (Wildman–Crippen LogP) is -0.207. The van der Waals surface area contributed by atoms with Crippen molar-refractivity contribution in [3.8, 4) is 0 Å². The summed E-state index contributed by atoms with van der Waals surface area (Å²) in [6.45, 7) is 0.667. The number of aliphatic hydroxyl groups excluding tert-OH is 1. The molecule has 0 aliphatic carbocycles. The van der Waals surface area contributed by atoms with E-state index < -0.39 is 0 Å². The predicted molar refractivity (Wildman–Crippen MR) is 48.4 cm³/mol. The summed E-state index contributed by atoms with van der Waals surface area (Å²) in [6.07, 6.45) is 4.74. The van der Waals surface area contributed by atoms with Gasteiger partial charge < -0.3 is 9.84 Å². The van der Waals surface area contributed by atoms with Crippen molar-refractivity contribution >= 4 is 11.2 Å². The van der Waals surface area contributed by atoms with Gasteiger partial charge in [-0.3, -0.25) is 4.57 Å². The number of hydrogen-bond donors (Lipinski definition) is 1. The van der Waals surface area contributed by atoms with Crippen molar-refractivity contribution in [1.29, 1.82) is 0 Å². The van der Waals surface area contributed by atoms with Crippen molar-refractivity contribution in [1.82, 2.24) is 19.5 Å². The van der Waals surface area contributed by atoms with Gasteiger partial charge in [0, 0.05) is 0 Å². The molecule has 0 radical (unpaired) electrons. The minimum absolute atomic E-state index is 0.0155. The third kappa shape index (κ3) is 1.70. The lowest BCUT2D eigenvalue weighted by Crippen LogP contribution is -2.05. The molecule has 0 amide bonds. The molecule has 0 aliphatic heterocycles. The van der Waals surface area contributed by atoms with Gasteiger partial charge in [0.25, 0.3) is 0 Å². The summed E-state index contributed by atoms with van der Waals surface area (Å²) >= 11 is 0. The highest BCUT2D eigenvalue weighted by molar-refractivity contribution is 5.68. The van der Waals surface area contributed by atoms with Gasteiger partial charge in [-0.15, -0.1) is 0 Å². The lowest BCUT2D eigenvalue weighted by atomic mass is 10.6. The van der Waals surface area contributed by atoms with Crippen LogP contribution in [-0.4, -0.2) is 37.8 Å². The summed E-state index contributed by atoms with van der Waals surface area (Å²) in [4.78, 5) is 12.0. The Kier molecular flexibility index (Phi) is 2.66. The average molecular weight is 194 g/mol. The van der Waals surface area contributed by atoms with Crippen LogP contribution in [0, 0.1) is 0 Å². The summed E-state index contributed by atoms with van der Waals surface area (Å²) < 4.78 is 6.90. The van der Waals surface area contributed by atoms with Crippen LogP contribution in [0.2, 0.25) is 0 Å². The van der Waals surface area contributed by atoms with Gasteiger partial charge in [0.2, 0.25) is 0 Å².